The van der Waals surface area contributed by atoms with Crippen LogP contribution in [0.4, 0.5) is 0 Å². The van der Waals surface area contributed by atoms with Gasteiger partial charge in [-0.25, -0.2) is 0 Å². The molecule has 9 heavy (non-hydrogen) atoms. The molecular weight excluding hydrogens is 175 g/mol. The summed E-state index contributed by atoms with van der Waals surface area (Å²) in [5.41, 5.74) is 0. The molecule has 0 aromatic heterocycles. The monoisotopic (exact) mass is 182 g/mol. The van der Waals surface area contributed by atoms with Crippen LogP contribution in [0.25, 0.3) is 0 Å². The molecule has 0 unspecified atom stereocenters. The summed E-state index contributed by atoms with van der Waals surface area (Å²) >= 11 is 0.135. The van der Waals surface area contributed by atoms with Crippen LogP contribution in [0.2, 0.25) is 0 Å². The van der Waals surface area contributed by atoms with Crippen molar-refractivity contribution in [1.29, 1.82) is 0 Å². The summed E-state index contributed by atoms with van der Waals surface area (Å²) in [6.45, 7) is 1.51. The fraction of sp³-hybridized carbons (Fsp3) is 1.00. The summed E-state index contributed by atoms with van der Waals surface area (Å²) in [5.74, 6) is 2.11. The summed E-state index contributed by atoms with van der Waals surface area (Å²) in [5, 5.41) is 0. The highest BCUT2D eigenvalue weighted by atomic mass is 35.6. The molecule has 1 aliphatic heterocycles. The summed E-state index contributed by atoms with van der Waals surface area (Å²) in [4.78, 5) is 0. The van der Waals surface area contributed by atoms with Crippen molar-refractivity contribution in [3.63, 3.8) is 0 Å². The Morgan fingerprint density at radius 3 is 2.33 bits per heavy atom. The molecule has 0 saturated carbocycles. The number of hydrogen-bond acceptors (Lipinski definition) is 3. The summed E-state index contributed by atoms with van der Waals surface area (Å²) in [6, 6.07) is 0. The zero-order valence-electron chi connectivity index (χ0n) is 5.01. The Bertz CT molecular complexity index is 77.0. The zero-order valence-corrected chi connectivity index (χ0v) is 7.74. The van der Waals surface area contributed by atoms with Crippen molar-refractivity contribution in [2.45, 2.75) is 0 Å². The SMILES string of the molecule is [Cl][Al]1[O]CCSCC[O]1. The van der Waals surface area contributed by atoms with Crippen LogP contribution in [0.1, 0.15) is 0 Å². The molecule has 52 valence electrons. The molecule has 0 spiro atoms. The van der Waals surface area contributed by atoms with Crippen LogP contribution >= 0.6 is 21.8 Å². The van der Waals surface area contributed by atoms with Crippen LogP contribution in [0.3, 0.4) is 0 Å². The van der Waals surface area contributed by atoms with Crippen molar-refractivity contribution in [3.8, 4) is 0 Å². The largest absolute Gasteiger partial charge is 0.813 e. The van der Waals surface area contributed by atoms with Crippen molar-refractivity contribution >= 4 is 35.7 Å². The normalized spacial score (nSPS) is 23.0. The lowest BCUT2D eigenvalue weighted by molar-refractivity contribution is 0.231. The highest BCUT2D eigenvalue weighted by Crippen LogP contribution is 2.06. The number of halogens is 1. The van der Waals surface area contributed by atoms with E-state index in [-0.39, 0.29) is 0 Å². The quantitative estimate of drug-likeness (QED) is 0.521. The van der Waals surface area contributed by atoms with Gasteiger partial charge in [0.25, 0.3) is 0 Å². The molecular formula is C4H8AlClO2S. The van der Waals surface area contributed by atoms with Gasteiger partial charge in [0, 0.05) is 24.7 Å². The zero-order chi connectivity index (χ0) is 6.53. The van der Waals surface area contributed by atoms with Crippen molar-refractivity contribution in [1.82, 2.24) is 0 Å². The van der Waals surface area contributed by atoms with Gasteiger partial charge < -0.3 is 7.58 Å². The molecule has 1 fully saturated rings. The maximum atomic E-state index is 5.68. The van der Waals surface area contributed by atoms with E-state index in [4.69, 9.17) is 17.6 Å². The molecule has 1 rings (SSSR count). The Morgan fingerprint density at radius 2 is 1.78 bits per heavy atom. The standard InChI is InChI=1S/C4H8O2S.Al.ClH/c5-1-3-7-4-2-6;;/h1-4H2;;1H/q-2;+3;/p-1. The molecule has 0 aliphatic carbocycles. The maximum absolute atomic E-state index is 5.68. The van der Waals surface area contributed by atoms with Gasteiger partial charge in [-0.3, -0.25) is 0 Å². The van der Waals surface area contributed by atoms with E-state index in [0.717, 1.165) is 24.7 Å². The third kappa shape index (κ3) is 3.72. The molecule has 0 atom stereocenters. The van der Waals surface area contributed by atoms with E-state index in [1.54, 1.807) is 0 Å². The minimum Gasteiger partial charge on any atom is -0.465 e. The fourth-order valence-electron chi connectivity index (χ4n) is 0.550. The van der Waals surface area contributed by atoms with Crippen LogP contribution in [0.15, 0.2) is 0 Å². The average molecular weight is 183 g/mol. The van der Waals surface area contributed by atoms with Gasteiger partial charge in [0.15, 0.2) is 0 Å². The van der Waals surface area contributed by atoms with E-state index in [1.807, 2.05) is 11.8 Å². The first-order valence-corrected chi connectivity index (χ1v) is 6.69. The van der Waals surface area contributed by atoms with Crippen LogP contribution < -0.4 is 0 Å². The third-order valence-corrected chi connectivity index (χ3v) is 3.62. The van der Waals surface area contributed by atoms with E-state index in [1.165, 1.54) is 0 Å². The van der Waals surface area contributed by atoms with Gasteiger partial charge >= 0.3 is 13.9 Å². The van der Waals surface area contributed by atoms with Gasteiger partial charge in [-0.15, -0.1) is 0 Å². The van der Waals surface area contributed by atoms with Crippen molar-refractivity contribution in [2.24, 2.45) is 0 Å². The lowest BCUT2D eigenvalue weighted by Crippen LogP contribution is -2.21. The van der Waals surface area contributed by atoms with Gasteiger partial charge in [0.1, 0.15) is 0 Å². The molecule has 0 bridgehead atoms. The average Bonchev–Trinajstić information content (AvgIpc) is 1.79. The molecule has 0 N–H and O–H groups in total. The van der Waals surface area contributed by atoms with Crippen molar-refractivity contribution in [2.75, 3.05) is 24.7 Å². The predicted octanol–water partition coefficient (Wildman–Crippen LogP) is 0.990. The highest BCUT2D eigenvalue weighted by Gasteiger charge is 2.23. The second-order valence-corrected chi connectivity index (χ2v) is 5.14. The molecule has 0 radical (unpaired) electrons. The van der Waals surface area contributed by atoms with E-state index < -0.39 is 13.9 Å². The predicted molar refractivity (Wildman–Crippen MR) is 40.8 cm³/mol. The number of thioether (sulfide) groups is 1. The van der Waals surface area contributed by atoms with Gasteiger partial charge in [-0.05, 0) is 0 Å². The first-order valence-electron chi connectivity index (χ1n) is 2.84. The molecule has 2 nitrogen and oxygen atoms in total. The van der Waals surface area contributed by atoms with E-state index >= 15 is 0 Å². The first-order chi connectivity index (χ1) is 4.39. The van der Waals surface area contributed by atoms with Crippen LogP contribution in [0.5, 0.6) is 0 Å². The summed E-state index contributed by atoms with van der Waals surface area (Å²) < 4.78 is 10.3. The van der Waals surface area contributed by atoms with Gasteiger partial charge in [0.2, 0.25) is 0 Å². The van der Waals surface area contributed by atoms with E-state index in [9.17, 15) is 0 Å². The minimum atomic E-state index is -1.71. The minimum absolute atomic E-state index is 0.755. The lowest BCUT2D eigenvalue weighted by Gasteiger charge is -2.11. The van der Waals surface area contributed by atoms with Gasteiger partial charge in [-0.1, -0.05) is 0 Å². The second kappa shape index (κ2) is 4.84. The van der Waals surface area contributed by atoms with E-state index in [0.29, 0.717) is 0 Å². The van der Waals surface area contributed by atoms with Gasteiger partial charge in [0.05, 0.1) is 0 Å². The maximum Gasteiger partial charge on any atom is 0.813 e. The smallest absolute Gasteiger partial charge is 0.465 e. The Hall–Kier alpha value is 1.09. The topological polar surface area (TPSA) is 18.5 Å². The number of rotatable bonds is 0. The molecule has 5 heteroatoms. The van der Waals surface area contributed by atoms with Crippen molar-refractivity contribution < 1.29 is 7.58 Å². The molecule has 1 saturated heterocycles. The van der Waals surface area contributed by atoms with Crippen molar-refractivity contribution in [3.05, 3.63) is 0 Å². The van der Waals surface area contributed by atoms with Crippen LogP contribution in [-0.4, -0.2) is 38.6 Å². The fourth-order valence-corrected chi connectivity index (χ4v) is 2.76. The Labute approximate surface area is 68.1 Å². The number of hydrogen-bond donors (Lipinski definition) is 0. The molecule has 1 aliphatic rings. The summed E-state index contributed by atoms with van der Waals surface area (Å²) in [7, 11) is 5.68. The Balaban J connectivity index is 2.12. The molecule has 0 aromatic carbocycles. The highest BCUT2D eigenvalue weighted by molar-refractivity contribution is 7.99. The lowest BCUT2D eigenvalue weighted by atomic mass is 10.9. The molecule has 0 amide bonds. The third-order valence-electron chi connectivity index (χ3n) is 0.953. The first kappa shape index (κ1) is 8.19. The van der Waals surface area contributed by atoms with E-state index in [2.05, 4.69) is 0 Å². The van der Waals surface area contributed by atoms with Crippen LogP contribution in [-0.2, 0) is 7.58 Å². The molecule has 1 heterocycles. The Morgan fingerprint density at radius 1 is 1.22 bits per heavy atom. The van der Waals surface area contributed by atoms with Gasteiger partial charge in [-0.2, -0.15) is 21.8 Å². The van der Waals surface area contributed by atoms with Crippen LogP contribution in [0, 0.1) is 0 Å². The Kier molecular flexibility index (Phi) is 4.40. The summed E-state index contributed by atoms with van der Waals surface area (Å²) in [6.07, 6.45) is 0. The molecule has 0 aromatic rings. The second-order valence-electron chi connectivity index (χ2n) is 1.63.